The van der Waals surface area contributed by atoms with E-state index in [1.807, 2.05) is 6.92 Å². The minimum absolute atomic E-state index is 0.0613. The smallest absolute Gasteiger partial charge is 0.311 e. The summed E-state index contributed by atoms with van der Waals surface area (Å²) in [6, 6.07) is 4.47. The van der Waals surface area contributed by atoms with Crippen molar-refractivity contribution in [3.05, 3.63) is 33.9 Å². The van der Waals surface area contributed by atoms with Crippen LogP contribution in [0.5, 0.6) is 5.75 Å². The average Bonchev–Trinajstić information content (AvgIpc) is 2.85. The van der Waals surface area contributed by atoms with Crippen LogP contribution in [-0.4, -0.2) is 28.3 Å². The number of nitro benzene ring substituents is 1. The van der Waals surface area contributed by atoms with E-state index >= 15 is 0 Å². The zero-order chi connectivity index (χ0) is 14.0. The highest BCUT2D eigenvalue weighted by Crippen LogP contribution is 2.43. The zero-order valence-corrected chi connectivity index (χ0v) is 11.7. The van der Waals surface area contributed by atoms with Crippen LogP contribution in [0, 0.1) is 10.1 Å². The maximum Gasteiger partial charge on any atom is 0.311 e. The van der Waals surface area contributed by atoms with Crippen LogP contribution in [0.15, 0.2) is 18.2 Å². The van der Waals surface area contributed by atoms with Crippen molar-refractivity contribution in [1.82, 2.24) is 0 Å². The number of hydrogen-bond donors (Lipinski definition) is 0. The van der Waals surface area contributed by atoms with Gasteiger partial charge in [0.25, 0.3) is 0 Å². The third-order valence-electron chi connectivity index (χ3n) is 3.34. The predicted molar refractivity (Wildman–Crippen MR) is 74.1 cm³/mol. The number of ether oxygens (including phenoxy) is 1. The second-order valence-electron chi connectivity index (χ2n) is 4.63. The molecule has 1 heterocycles. The number of rotatable bonds is 4. The number of Topliss-reactive ketones (excluding diaryl/α,β-unsaturated/α-hetero) is 1. The van der Waals surface area contributed by atoms with Gasteiger partial charge in [-0.15, -0.1) is 11.8 Å². The average molecular weight is 281 g/mol. The molecule has 6 heteroatoms. The maximum atomic E-state index is 12.6. The van der Waals surface area contributed by atoms with Gasteiger partial charge in [-0.3, -0.25) is 14.9 Å². The highest BCUT2D eigenvalue weighted by Gasteiger charge is 2.40. The van der Waals surface area contributed by atoms with E-state index in [-0.39, 0.29) is 17.2 Å². The standard InChI is InChI=1S/C13H15NO4S/c1-13(7-4-8-19-13)12(15)9-5-3-6-10(14(16)17)11(9)18-2/h3,5-6H,4,7-8H2,1-2H3. The van der Waals surface area contributed by atoms with Gasteiger partial charge in [-0.25, -0.2) is 0 Å². The Balaban J connectivity index is 2.47. The van der Waals surface area contributed by atoms with Crippen molar-refractivity contribution in [1.29, 1.82) is 0 Å². The number of methoxy groups -OCH3 is 1. The molecule has 102 valence electrons. The van der Waals surface area contributed by atoms with Gasteiger partial charge in [0, 0.05) is 6.07 Å². The third kappa shape index (κ3) is 2.45. The number of nitrogens with zero attached hydrogens (tertiary/aromatic N) is 1. The predicted octanol–water partition coefficient (Wildman–Crippen LogP) is 3.07. The Kier molecular flexibility index (Phi) is 3.80. The monoisotopic (exact) mass is 281 g/mol. The van der Waals surface area contributed by atoms with Crippen molar-refractivity contribution in [2.75, 3.05) is 12.9 Å². The molecule has 19 heavy (non-hydrogen) atoms. The molecule has 0 spiro atoms. The molecule has 1 fully saturated rings. The summed E-state index contributed by atoms with van der Waals surface area (Å²) >= 11 is 1.61. The zero-order valence-electron chi connectivity index (χ0n) is 10.8. The van der Waals surface area contributed by atoms with Crippen LogP contribution in [0.2, 0.25) is 0 Å². The summed E-state index contributed by atoms with van der Waals surface area (Å²) in [7, 11) is 1.35. The second-order valence-corrected chi connectivity index (χ2v) is 6.23. The van der Waals surface area contributed by atoms with E-state index in [1.54, 1.807) is 17.8 Å². The van der Waals surface area contributed by atoms with Crippen LogP contribution in [0.25, 0.3) is 0 Å². The van der Waals surface area contributed by atoms with E-state index in [0.717, 1.165) is 18.6 Å². The van der Waals surface area contributed by atoms with Crippen molar-refractivity contribution in [2.45, 2.75) is 24.5 Å². The normalized spacial score (nSPS) is 22.2. The molecule has 1 aromatic carbocycles. The van der Waals surface area contributed by atoms with E-state index in [4.69, 9.17) is 4.74 Å². The van der Waals surface area contributed by atoms with E-state index in [0.29, 0.717) is 5.56 Å². The molecule has 1 aliphatic heterocycles. The number of carbonyl (C=O) groups excluding carboxylic acids is 1. The summed E-state index contributed by atoms with van der Waals surface area (Å²) in [5.74, 6) is 0.918. The molecule has 1 unspecified atom stereocenters. The van der Waals surface area contributed by atoms with E-state index in [1.165, 1.54) is 19.2 Å². The van der Waals surface area contributed by atoms with Crippen molar-refractivity contribution in [3.8, 4) is 5.75 Å². The lowest BCUT2D eigenvalue weighted by atomic mass is 9.93. The van der Waals surface area contributed by atoms with E-state index in [2.05, 4.69) is 0 Å². The molecule has 1 aliphatic rings. The van der Waals surface area contributed by atoms with Crippen LogP contribution in [0.3, 0.4) is 0 Å². The van der Waals surface area contributed by atoms with Crippen molar-refractivity contribution >= 4 is 23.2 Å². The maximum absolute atomic E-state index is 12.6. The van der Waals surface area contributed by atoms with Crippen LogP contribution >= 0.6 is 11.8 Å². The lowest BCUT2D eigenvalue weighted by Crippen LogP contribution is -2.29. The first kappa shape index (κ1) is 13.9. The van der Waals surface area contributed by atoms with Gasteiger partial charge < -0.3 is 4.74 Å². The van der Waals surface area contributed by atoms with Gasteiger partial charge in [0.1, 0.15) is 0 Å². The Labute approximate surface area is 115 Å². The molecule has 0 aliphatic carbocycles. The minimum Gasteiger partial charge on any atom is -0.490 e. The molecule has 1 atom stereocenters. The number of benzene rings is 1. The molecule has 0 radical (unpaired) electrons. The largest absolute Gasteiger partial charge is 0.490 e. The first-order valence-corrected chi connectivity index (χ1v) is 6.98. The Morgan fingerprint density at radius 3 is 2.79 bits per heavy atom. The lowest BCUT2D eigenvalue weighted by molar-refractivity contribution is -0.385. The number of carbonyl (C=O) groups is 1. The molecule has 0 saturated carbocycles. The topological polar surface area (TPSA) is 69.4 Å². The summed E-state index contributed by atoms with van der Waals surface area (Å²) in [4.78, 5) is 23.0. The lowest BCUT2D eigenvalue weighted by Gasteiger charge is -2.21. The van der Waals surface area contributed by atoms with Gasteiger partial charge in [0.05, 0.1) is 22.3 Å². The summed E-state index contributed by atoms with van der Waals surface area (Å²) < 4.78 is 4.59. The summed E-state index contributed by atoms with van der Waals surface area (Å²) in [6.07, 6.45) is 1.78. The fourth-order valence-electron chi connectivity index (χ4n) is 2.30. The summed E-state index contributed by atoms with van der Waals surface area (Å²) in [5, 5.41) is 11.0. The minimum atomic E-state index is -0.528. The molecule has 0 bridgehead atoms. The van der Waals surface area contributed by atoms with Gasteiger partial charge in [-0.05, 0) is 31.6 Å². The molecule has 0 amide bonds. The Bertz CT molecular complexity index is 523. The molecule has 1 aromatic rings. The number of hydrogen-bond acceptors (Lipinski definition) is 5. The van der Waals surface area contributed by atoms with E-state index < -0.39 is 9.67 Å². The number of thioether (sulfide) groups is 1. The van der Waals surface area contributed by atoms with Gasteiger partial charge in [0.2, 0.25) is 5.75 Å². The fourth-order valence-corrected chi connectivity index (χ4v) is 3.57. The Hall–Kier alpha value is -1.56. The molecule has 1 saturated heterocycles. The molecular weight excluding hydrogens is 266 g/mol. The van der Waals surface area contributed by atoms with Crippen LogP contribution in [0.1, 0.15) is 30.1 Å². The Morgan fingerprint density at radius 2 is 2.26 bits per heavy atom. The van der Waals surface area contributed by atoms with Gasteiger partial charge >= 0.3 is 5.69 Å². The highest BCUT2D eigenvalue weighted by molar-refractivity contribution is 8.01. The number of nitro groups is 1. The molecule has 5 nitrogen and oxygen atoms in total. The van der Waals surface area contributed by atoms with Crippen molar-refractivity contribution < 1.29 is 14.5 Å². The van der Waals surface area contributed by atoms with Gasteiger partial charge in [0.15, 0.2) is 5.78 Å². The quantitative estimate of drug-likeness (QED) is 0.482. The molecule has 0 N–H and O–H groups in total. The van der Waals surface area contributed by atoms with Crippen molar-refractivity contribution in [2.24, 2.45) is 0 Å². The SMILES string of the molecule is COc1c(C(=O)C2(C)CCCS2)cccc1[N+](=O)[O-]. The summed E-state index contributed by atoms with van der Waals surface area (Å²) in [6.45, 7) is 1.89. The third-order valence-corrected chi connectivity index (χ3v) is 4.86. The molecular formula is C13H15NO4S. The molecule has 0 aromatic heterocycles. The van der Waals surface area contributed by atoms with E-state index in [9.17, 15) is 14.9 Å². The van der Waals surface area contributed by atoms with Crippen molar-refractivity contribution in [3.63, 3.8) is 0 Å². The molecule has 2 rings (SSSR count). The Morgan fingerprint density at radius 1 is 1.53 bits per heavy atom. The van der Waals surface area contributed by atoms with Crippen LogP contribution in [0.4, 0.5) is 5.69 Å². The second kappa shape index (κ2) is 5.21. The van der Waals surface area contributed by atoms with Gasteiger partial charge in [-0.2, -0.15) is 0 Å². The van der Waals surface area contributed by atoms with Crippen LogP contribution in [-0.2, 0) is 0 Å². The first-order valence-electron chi connectivity index (χ1n) is 6.00. The highest BCUT2D eigenvalue weighted by atomic mass is 32.2. The first-order chi connectivity index (χ1) is 8.99. The summed E-state index contributed by atoms with van der Waals surface area (Å²) in [5.41, 5.74) is 0.133. The fraction of sp³-hybridized carbons (Fsp3) is 0.462. The number of ketones is 1. The van der Waals surface area contributed by atoms with Crippen LogP contribution < -0.4 is 4.74 Å². The number of para-hydroxylation sites is 1. The van der Waals surface area contributed by atoms with Gasteiger partial charge in [-0.1, -0.05) is 6.07 Å².